The molecule has 14 heteroatoms. The van der Waals surface area contributed by atoms with Crippen LogP contribution in [0.4, 0.5) is 26.3 Å². The molecule has 0 saturated heterocycles. The molecule has 3 atom stereocenters. The van der Waals surface area contributed by atoms with Gasteiger partial charge < -0.3 is 5.32 Å². The lowest BCUT2D eigenvalue weighted by molar-refractivity contribution is -0.125. The van der Waals surface area contributed by atoms with E-state index in [-0.39, 0.29) is 19.3 Å². The van der Waals surface area contributed by atoms with Gasteiger partial charge in [0, 0.05) is 17.9 Å². The van der Waals surface area contributed by atoms with Gasteiger partial charge >= 0.3 is 11.0 Å². The zero-order valence-electron chi connectivity index (χ0n) is 16.4. The minimum atomic E-state index is -6.76. The summed E-state index contributed by atoms with van der Waals surface area (Å²) in [6.07, 6.45) is 0.905. The topological polar surface area (TPSA) is 97.4 Å². The molecule has 1 amide bonds. The van der Waals surface area contributed by atoms with Gasteiger partial charge in [0.1, 0.15) is 0 Å². The number of hydrogen-bond donors (Lipinski definition) is 1. The quantitative estimate of drug-likeness (QED) is 0.574. The van der Waals surface area contributed by atoms with E-state index in [1.165, 1.54) is 6.92 Å². The van der Waals surface area contributed by atoms with Crippen molar-refractivity contribution in [2.45, 2.75) is 80.4 Å². The van der Waals surface area contributed by atoms with Gasteiger partial charge in [-0.1, -0.05) is 39.5 Å². The van der Waals surface area contributed by atoms with E-state index >= 15 is 0 Å². The Kier molecular flexibility index (Phi) is 8.65. The molecule has 30 heavy (non-hydrogen) atoms. The fraction of sp³-hybridized carbons (Fsp3) is 0.938. The van der Waals surface area contributed by atoms with Crippen LogP contribution in [0, 0.1) is 11.8 Å². The van der Waals surface area contributed by atoms with Crippen LogP contribution in [-0.2, 0) is 24.5 Å². The number of rotatable bonds is 6. The smallest absolute Gasteiger partial charge is 0.353 e. The molecule has 0 aromatic carbocycles. The summed E-state index contributed by atoms with van der Waals surface area (Å²) < 4.78 is 124. The van der Waals surface area contributed by atoms with Gasteiger partial charge in [0.15, 0.2) is 4.58 Å². The number of nitrogens with one attached hydrogen (secondary N) is 1. The monoisotopic (exact) mass is 489 g/mol. The second kappa shape index (κ2) is 9.61. The van der Waals surface area contributed by atoms with Crippen molar-refractivity contribution in [2.24, 2.45) is 11.8 Å². The summed E-state index contributed by atoms with van der Waals surface area (Å²) in [6.45, 7) is 3.11. The van der Waals surface area contributed by atoms with Gasteiger partial charge in [-0.25, -0.2) is 16.8 Å². The van der Waals surface area contributed by atoms with Gasteiger partial charge in [0.05, 0.1) is 0 Å². The maximum Gasteiger partial charge on any atom is 0.498 e. The predicted octanol–water partition coefficient (Wildman–Crippen LogP) is 3.68. The van der Waals surface area contributed by atoms with Gasteiger partial charge in [-0.15, -0.1) is 0 Å². The van der Waals surface area contributed by atoms with E-state index in [4.69, 9.17) is 0 Å². The summed E-state index contributed by atoms with van der Waals surface area (Å²) >= 11 is 0. The molecule has 1 rings (SSSR count). The standard InChI is InChI=1S/C16H25F6NO5S2/c1-3-10(2)13(24)23-12-9-7-5-4-6-8-11(12)14(29(25,26)15(17,18)19)30(27,28)16(20,21)22/h10-12,14H,3-9H2,1-2H3,(H,23,24). The van der Waals surface area contributed by atoms with Crippen LogP contribution in [0.2, 0.25) is 0 Å². The van der Waals surface area contributed by atoms with E-state index in [9.17, 15) is 48.0 Å². The Morgan fingerprint density at radius 1 is 0.900 bits per heavy atom. The number of carbonyl (C=O) groups excluding carboxylic acids is 1. The van der Waals surface area contributed by atoms with Gasteiger partial charge in [-0.3, -0.25) is 4.79 Å². The molecular formula is C16H25F6NO5S2. The highest BCUT2D eigenvalue weighted by atomic mass is 32.3. The van der Waals surface area contributed by atoms with E-state index in [0.717, 1.165) is 0 Å². The van der Waals surface area contributed by atoms with Gasteiger partial charge in [0.2, 0.25) is 5.91 Å². The van der Waals surface area contributed by atoms with Gasteiger partial charge in [0.25, 0.3) is 19.7 Å². The first-order valence-corrected chi connectivity index (χ1v) is 12.5. The highest BCUT2D eigenvalue weighted by Crippen LogP contribution is 2.43. The average Bonchev–Trinajstić information content (AvgIpc) is 2.56. The summed E-state index contributed by atoms with van der Waals surface area (Å²) in [6, 6.07) is -1.47. The third kappa shape index (κ3) is 5.80. The van der Waals surface area contributed by atoms with Gasteiger partial charge in [-0.2, -0.15) is 26.3 Å². The number of hydrogen-bond acceptors (Lipinski definition) is 5. The third-order valence-electron chi connectivity index (χ3n) is 5.31. The SMILES string of the molecule is CCC(C)C(=O)NC1CCCCCCC1C(S(=O)(=O)C(F)(F)F)S(=O)(=O)C(F)(F)F. The lowest BCUT2D eigenvalue weighted by Crippen LogP contribution is -2.55. The Morgan fingerprint density at radius 3 is 1.73 bits per heavy atom. The van der Waals surface area contributed by atoms with E-state index in [1.54, 1.807) is 6.92 Å². The van der Waals surface area contributed by atoms with Crippen LogP contribution in [0.15, 0.2) is 0 Å². The number of sulfone groups is 2. The van der Waals surface area contributed by atoms with Crippen LogP contribution >= 0.6 is 0 Å². The van der Waals surface area contributed by atoms with Crippen molar-refractivity contribution >= 4 is 25.6 Å². The Morgan fingerprint density at radius 2 is 1.33 bits per heavy atom. The Hall–Kier alpha value is -1.05. The molecule has 6 nitrogen and oxygen atoms in total. The molecule has 0 bridgehead atoms. The molecule has 0 aliphatic heterocycles. The third-order valence-corrected chi connectivity index (χ3v) is 10.0. The Bertz CT molecular complexity index is 763. The van der Waals surface area contributed by atoms with Crippen LogP contribution in [0.25, 0.3) is 0 Å². The second-order valence-corrected chi connectivity index (χ2v) is 11.8. The van der Waals surface area contributed by atoms with E-state index in [1.807, 2.05) is 0 Å². The number of alkyl halides is 6. The summed E-state index contributed by atoms with van der Waals surface area (Å²) in [5.41, 5.74) is -12.4. The van der Waals surface area contributed by atoms with Crippen LogP contribution in [0.3, 0.4) is 0 Å². The fourth-order valence-electron chi connectivity index (χ4n) is 3.42. The molecule has 1 fully saturated rings. The van der Waals surface area contributed by atoms with Crippen molar-refractivity contribution in [3.8, 4) is 0 Å². The molecule has 0 aromatic rings. The van der Waals surface area contributed by atoms with Crippen LogP contribution in [0.5, 0.6) is 0 Å². The molecule has 3 unspecified atom stereocenters. The Balaban J connectivity index is 3.63. The largest absolute Gasteiger partial charge is 0.498 e. The van der Waals surface area contributed by atoms with Crippen molar-refractivity contribution in [3.05, 3.63) is 0 Å². The fourth-order valence-corrected chi connectivity index (χ4v) is 7.51. The molecule has 0 aromatic heterocycles. The molecular weight excluding hydrogens is 464 g/mol. The molecule has 0 radical (unpaired) electrons. The summed E-state index contributed by atoms with van der Waals surface area (Å²) in [5.74, 6) is -3.44. The average molecular weight is 490 g/mol. The van der Waals surface area contributed by atoms with Gasteiger partial charge in [-0.05, 0) is 19.3 Å². The maximum atomic E-state index is 13.2. The van der Waals surface area contributed by atoms with Crippen molar-refractivity contribution in [1.29, 1.82) is 0 Å². The van der Waals surface area contributed by atoms with Crippen molar-refractivity contribution in [3.63, 3.8) is 0 Å². The van der Waals surface area contributed by atoms with Crippen LogP contribution in [-0.4, -0.2) is 44.4 Å². The number of carbonyl (C=O) groups is 1. The first kappa shape index (κ1) is 27.0. The molecule has 1 aliphatic carbocycles. The second-order valence-electron chi connectivity index (χ2n) is 7.43. The summed E-state index contributed by atoms with van der Waals surface area (Å²) in [4.78, 5) is 12.2. The number of amides is 1. The first-order valence-electron chi connectivity index (χ1n) is 9.39. The van der Waals surface area contributed by atoms with E-state index in [2.05, 4.69) is 5.32 Å². The van der Waals surface area contributed by atoms with Crippen molar-refractivity contribution < 1.29 is 48.0 Å². The van der Waals surface area contributed by atoms with Crippen LogP contribution in [0.1, 0.15) is 58.8 Å². The Labute approximate surface area is 171 Å². The van der Waals surface area contributed by atoms with Crippen molar-refractivity contribution in [2.75, 3.05) is 0 Å². The normalized spacial score (nSPS) is 23.5. The zero-order chi connectivity index (χ0) is 23.5. The molecule has 0 heterocycles. The minimum Gasteiger partial charge on any atom is -0.353 e. The highest BCUT2D eigenvalue weighted by molar-refractivity contribution is 8.09. The maximum absolute atomic E-state index is 13.2. The van der Waals surface area contributed by atoms with Crippen LogP contribution < -0.4 is 5.32 Å². The molecule has 178 valence electrons. The zero-order valence-corrected chi connectivity index (χ0v) is 18.0. The first-order chi connectivity index (χ1) is 13.5. The van der Waals surface area contributed by atoms with Crippen molar-refractivity contribution in [1.82, 2.24) is 5.32 Å². The van der Waals surface area contributed by atoms with E-state index < -0.39 is 65.5 Å². The lowest BCUT2D eigenvalue weighted by atomic mass is 9.87. The molecule has 1 saturated carbocycles. The van der Waals surface area contributed by atoms with E-state index in [0.29, 0.717) is 19.3 Å². The summed E-state index contributed by atoms with van der Waals surface area (Å²) in [7, 11) is -13.5. The minimum absolute atomic E-state index is 0.0254. The molecule has 1 N–H and O–H groups in total. The predicted molar refractivity (Wildman–Crippen MR) is 96.3 cm³/mol. The number of halogens is 6. The summed E-state index contributed by atoms with van der Waals surface area (Å²) in [5, 5.41) is 2.31. The lowest BCUT2D eigenvalue weighted by Gasteiger charge is -2.36. The molecule has 1 aliphatic rings. The molecule has 0 spiro atoms. The highest BCUT2D eigenvalue weighted by Gasteiger charge is 2.65.